The standard InChI is InChI=1S/C12H19O3P/c1-8(2)10-6-5-7-11(9(3)4)12(10)15-16(13)14/h5-9,13-14H,1-4H3. The quantitative estimate of drug-likeness (QED) is 0.794. The largest absolute Gasteiger partial charge is 0.426 e. The lowest BCUT2D eigenvalue weighted by Gasteiger charge is -2.19. The van der Waals surface area contributed by atoms with Crippen LogP contribution >= 0.6 is 8.60 Å². The summed E-state index contributed by atoms with van der Waals surface area (Å²) in [5.41, 5.74) is 2.03. The molecule has 4 heteroatoms. The molecular weight excluding hydrogens is 223 g/mol. The molecule has 0 bridgehead atoms. The van der Waals surface area contributed by atoms with Crippen LogP contribution in [0.5, 0.6) is 5.75 Å². The molecule has 0 fully saturated rings. The molecular formula is C12H19O3P. The topological polar surface area (TPSA) is 49.7 Å². The van der Waals surface area contributed by atoms with Crippen molar-refractivity contribution in [3.8, 4) is 5.75 Å². The lowest BCUT2D eigenvalue weighted by atomic mass is 9.94. The molecule has 0 aromatic heterocycles. The van der Waals surface area contributed by atoms with Crippen LogP contribution in [-0.4, -0.2) is 9.79 Å². The van der Waals surface area contributed by atoms with Gasteiger partial charge in [0, 0.05) is 0 Å². The van der Waals surface area contributed by atoms with Crippen LogP contribution in [0.1, 0.15) is 50.7 Å². The van der Waals surface area contributed by atoms with E-state index in [4.69, 9.17) is 14.3 Å². The third-order valence-electron chi connectivity index (χ3n) is 2.49. The highest BCUT2D eigenvalue weighted by atomic mass is 31.2. The van der Waals surface area contributed by atoms with Gasteiger partial charge in [-0.05, 0) is 23.0 Å². The molecule has 1 rings (SSSR count). The van der Waals surface area contributed by atoms with Gasteiger partial charge in [0.1, 0.15) is 5.75 Å². The number of para-hydroxylation sites is 1. The molecule has 0 spiro atoms. The van der Waals surface area contributed by atoms with E-state index in [2.05, 4.69) is 27.7 Å². The first-order valence-electron chi connectivity index (χ1n) is 5.42. The molecule has 2 N–H and O–H groups in total. The third-order valence-corrected chi connectivity index (χ3v) is 2.84. The first-order chi connectivity index (χ1) is 7.43. The maximum absolute atomic E-state index is 9.02. The Morgan fingerprint density at radius 2 is 1.44 bits per heavy atom. The molecule has 0 heterocycles. The van der Waals surface area contributed by atoms with Crippen molar-refractivity contribution in [1.29, 1.82) is 0 Å². The highest BCUT2D eigenvalue weighted by molar-refractivity contribution is 7.39. The van der Waals surface area contributed by atoms with E-state index >= 15 is 0 Å². The van der Waals surface area contributed by atoms with Gasteiger partial charge < -0.3 is 14.3 Å². The Hall–Kier alpha value is -0.630. The van der Waals surface area contributed by atoms with Gasteiger partial charge in [-0.2, -0.15) is 0 Å². The predicted octanol–water partition coefficient (Wildman–Crippen LogP) is 3.52. The van der Waals surface area contributed by atoms with E-state index in [0.29, 0.717) is 17.6 Å². The fraction of sp³-hybridized carbons (Fsp3) is 0.500. The second kappa shape index (κ2) is 5.62. The fourth-order valence-corrected chi connectivity index (χ4v) is 2.04. The minimum atomic E-state index is -2.36. The molecule has 0 aliphatic heterocycles. The molecule has 0 amide bonds. The van der Waals surface area contributed by atoms with Crippen molar-refractivity contribution in [2.45, 2.75) is 39.5 Å². The molecule has 0 saturated heterocycles. The lowest BCUT2D eigenvalue weighted by molar-refractivity contribution is 0.370. The van der Waals surface area contributed by atoms with Gasteiger partial charge >= 0.3 is 8.60 Å². The highest BCUT2D eigenvalue weighted by Gasteiger charge is 2.17. The molecule has 1 aromatic rings. The second-order valence-electron chi connectivity index (χ2n) is 4.42. The van der Waals surface area contributed by atoms with E-state index in [1.807, 2.05) is 18.2 Å². The van der Waals surface area contributed by atoms with Crippen molar-refractivity contribution in [3.05, 3.63) is 29.3 Å². The summed E-state index contributed by atoms with van der Waals surface area (Å²) in [5, 5.41) is 0. The van der Waals surface area contributed by atoms with Crippen molar-refractivity contribution in [2.75, 3.05) is 0 Å². The summed E-state index contributed by atoms with van der Waals surface area (Å²) in [6.45, 7) is 8.24. The smallest absolute Gasteiger partial charge is 0.391 e. The van der Waals surface area contributed by atoms with Gasteiger partial charge in [-0.3, -0.25) is 0 Å². The van der Waals surface area contributed by atoms with Gasteiger partial charge in [0.15, 0.2) is 0 Å². The van der Waals surface area contributed by atoms with Gasteiger partial charge in [-0.15, -0.1) is 0 Å². The molecule has 0 aliphatic rings. The average molecular weight is 242 g/mol. The molecule has 16 heavy (non-hydrogen) atoms. The summed E-state index contributed by atoms with van der Waals surface area (Å²) in [4.78, 5) is 18.0. The summed E-state index contributed by atoms with van der Waals surface area (Å²) >= 11 is 0. The van der Waals surface area contributed by atoms with Gasteiger partial charge in [-0.1, -0.05) is 45.9 Å². The summed E-state index contributed by atoms with van der Waals surface area (Å²) in [6, 6.07) is 5.91. The van der Waals surface area contributed by atoms with Crippen LogP contribution in [0.2, 0.25) is 0 Å². The minimum Gasteiger partial charge on any atom is -0.426 e. The van der Waals surface area contributed by atoms with Crippen molar-refractivity contribution in [1.82, 2.24) is 0 Å². The van der Waals surface area contributed by atoms with Gasteiger partial charge in [0.05, 0.1) is 0 Å². The van der Waals surface area contributed by atoms with E-state index in [9.17, 15) is 0 Å². The Morgan fingerprint density at radius 3 is 1.75 bits per heavy atom. The van der Waals surface area contributed by atoms with E-state index in [-0.39, 0.29) is 0 Å². The van der Waals surface area contributed by atoms with E-state index in [1.165, 1.54) is 0 Å². The average Bonchev–Trinajstić information content (AvgIpc) is 2.16. The summed E-state index contributed by atoms with van der Waals surface area (Å²) in [6.07, 6.45) is 0. The Bertz CT molecular complexity index is 322. The number of benzene rings is 1. The summed E-state index contributed by atoms with van der Waals surface area (Å²) < 4.78 is 5.18. The SMILES string of the molecule is CC(C)c1cccc(C(C)C)c1OP(O)O. The molecule has 90 valence electrons. The maximum atomic E-state index is 9.02. The van der Waals surface area contributed by atoms with E-state index in [0.717, 1.165) is 11.1 Å². The zero-order valence-electron chi connectivity index (χ0n) is 10.1. The monoisotopic (exact) mass is 242 g/mol. The molecule has 3 nitrogen and oxygen atoms in total. The fourth-order valence-electron chi connectivity index (χ4n) is 1.67. The van der Waals surface area contributed by atoms with Crippen LogP contribution in [0.25, 0.3) is 0 Å². The minimum absolute atomic E-state index is 0.295. The van der Waals surface area contributed by atoms with Crippen LogP contribution in [0.4, 0.5) is 0 Å². The zero-order valence-corrected chi connectivity index (χ0v) is 11.0. The van der Waals surface area contributed by atoms with Crippen LogP contribution in [0, 0.1) is 0 Å². The Balaban J connectivity index is 3.23. The van der Waals surface area contributed by atoms with E-state index in [1.54, 1.807) is 0 Å². The van der Waals surface area contributed by atoms with Gasteiger partial charge in [0.25, 0.3) is 0 Å². The molecule has 0 atom stereocenters. The molecule has 0 radical (unpaired) electrons. The van der Waals surface area contributed by atoms with Crippen molar-refractivity contribution < 1.29 is 14.3 Å². The first-order valence-corrected chi connectivity index (χ1v) is 6.58. The molecule has 0 unspecified atom stereocenters. The Kier molecular flexibility index (Phi) is 4.72. The van der Waals surface area contributed by atoms with Crippen LogP contribution in [-0.2, 0) is 0 Å². The van der Waals surface area contributed by atoms with Crippen LogP contribution in [0.3, 0.4) is 0 Å². The van der Waals surface area contributed by atoms with Crippen molar-refractivity contribution in [3.63, 3.8) is 0 Å². The second-order valence-corrected chi connectivity index (χ2v) is 5.11. The zero-order chi connectivity index (χ0) is 12.3. The van der Waals surface area contributed by atoms with Crippen molar-refractivity contribution >= 4 is 8.60 Å². The Morgan fingerprint density at radius 1 is 1.00 bits per heavy atom. The number of rotatable bonds is 4. The first kappa shape index (κ1) is 13.4. The van der Waals surface area contributed by atoms with Crippen LogP contribution < -0.4 is 4.52 Å². The van der Waals surface area contributed by atoms with Gasteiger partial charge in [-0.25, -0.2) is 0 Å². The van der Waals surface area contributed by atoms with Gasteiger partial charge in [0.2, 0.25) is 0 Å². The molecule has 0 aliphatic carbocycles. The summed E-state index contributed by atoms with van der Waals surface area (Å²) in [5.74, 6) is 1.22. The summed E-state index contributed by atoms with van der Waals surface area (Å²) in [7, 11) is -2.36. The van der Waals surface area contributed by atoms with Crippen LogP contribution in [0.15, 0.2) is 18.2 Å². The molecule has 1 aromatic carbocycles. The van der Waals surface area contributed by atoms with E-state index < -0.39 is 8.60 Å². The number of hydrogen-bond donors (Lipinski definition) is 2. The highest BCUT2D eigenvalue weighted by Crippen LogP contribution is 2.40. The normalized spacial score (nSPS) is 11.6. The molecule has 0 saturated carbocycles. The lowest BCUT2D eigenvalue weighted by Crippen LogP contribution is -2.00. The van der Waals surface area contributed by atoms with Crippen molar-refractivity contribution in [2.24, 2.45) is 0 Å². The third kappa shape index (κ3) is 3.18. The number of hydrogen-bond acceptors (Lipinski definition) is 3. The maximum Gasteiger partial charge on any atom is 0.391 e. The predicted molar refractivity (Wildman–Crippen MR) is 66.6 cm³/mol. The Labute approximate surface area is 98.1 Å².